The number of hydrogen-bond donors (Lipinski definition) is 0. The third-order valence-electron chi connectivity index (χ3n) is 3.47. The van der Waals surface area contributed by atoms with Crippen LogP contribution in [0.2, 0.25) is 0 Å². The average Bonchev–Trinajstić information content (AvgIpc) is 2.68. The van der Waals surface area contributed by atoms with Gasteiger partial charge in [0.15, 0.2) is 0 Å². The first kappa shape index (κ1) is 11.0. The second-order valence-electron chi connectivity index (χ2n) is 4.21. The number of oxime groups is 1. The molecule has 1 aromatic carbocycles. The minimum Gasteiger partial charge on any atom is -0.486 e. The molecule has 1 heterocycles. The normalized spacial score (nSPS) is 16.2. The van der Waals surface area contributed by atoms with Crippen LogP contribution in [0, 0.1) is 27.7 Å². The van der Waals surface area contributed by atoms with E-state index in [1.54, 1.807) is 7.11 Å². The Kier molecular flexibility index (Phi) is 2.62. The molecule has 0 spiro atoms. The molecule has 1 aromatic rings. The molecule has 3 nitrogen and oxygen atoms in total. The predicted molar refractivity (Wildman–Crippen MR) is 64.4 cm³/mol. The van der Waals surface area contributed by atoms with Crippen molar-refractivity contribution in [3.63, 3.8) is 0 Å². The van der Waals surface area contributed by atoms with Crippen LogP contribution in [0.15, 0.2) is 5.16 Å². The number of benzene rings is 1. The Morgan fingerprint density at radius 2 is 1.62 bits per heavy atom. The first-order valence-electron chi connectivity index (χ1n) is 5.41. The van der Waals surface area contributed by atoms with Gasteiger partial charge in [-0.2, -0.15) is 0 Å². The van der Waals surface area contributed by atoms with Crippen molar-refractivity contribution in [1.82, 2.24) is 0 Å². The van der Waals surface area contributed by atoms with Crippen molar-refractivity contribution in [1.29, 1.82) is 0 Å². The van der Waals surface area contributed by atoms with Gasteiger partial charge in [0.2, 0.25) is 0 Å². The van der Waals surface area contributed by atoms with Gasteiger partial charge < -0.3 is 9.57 Å². The SMILES string of the molecule is CON=C1COc2c(C)c(C)c(C)c(C)c21. The Morgan fingerprint density at radius 1 is 1.00 bits per heavy atom. The monoisotopic (exact) mass is 219 g/mol. The van der Waals surface area contributed by atoms with E-state index in [1.807, 2.05) is 0 Å². The van der Waals surface area contributed by atoms with E-state index in [9.17, 15) is 0 Å². The van der Waals surface area contributed by atoms with E-state index in [2.05, 4.69) is 32.9 Å². The van der Waals surface area contributed by atoms with Crippen LogP contribution in [0.1, 0.15) is 27.8 Å². The Balaban J connectivity index is 2.72. The molecule has 3 heteroatoms. The lowest BCUT2D eigenvalue weighted by Gasteiger charge is -2.13. The number of fused-ring (bicyclic) bond motifs is 1. The molecular formula is C13H17NO2. The van der Waals surface area contributed by atoms with Gasteiger partial charge in [0.25, 0.3) is 0 Å². The second kappa shape index (κ2) is 3.81. The molecule has 16 heavy (non-hydrogen) atoms. The van der Waals surface area contributed by atoms with Crippen LogP contribution in [-0.2, 0) is 4.84 Å². The maximum absolute atomic E-state index is 5.70. The summed E-state index contributed by atoms with van der Waals surface area (Å²) in [7, 11) is 1.56. The summed E-state index contributed by atoms with van der Waals surface area (Å²) in [6.07, 6.45) is 0. The highest BCUT2D eigenvalue weighted by atomic mass is 16.6. The molecule has 0 aromatic heterocycles. The van der Waals surface area contributed by atoms with Crippen molar-refractivity contribution in [2.75, 3.05) is 13.7 Å². The fourth-order valence-corrected chi connectivity index (χ4v) is 2.20. The van der Waals surface area contributed by atoms with Gasteiger partial charge in [0, 0.05) is 5.56 Å². The molecule has 0 fully saturated rings. The van der Waals surface area contributed by atoms with Crippen LogP contribution < -0.4 is 4.74 Å². The molecule has 1 aliphatic heterocycles. The quantitative estimate of drug-likeness (QED) is 0.680. The number of ether oxygens (including phenoxy) is 1. The van der Waals surface area contributed by atoms with Crippen LogP contribution in [0.3, 0.4) is 0 Å². The maximum atomic E-state index is 5.70. The average molecular weight is 219 g/mol. The van der Waals surface area contributed by atoms with Crippen molar-refractivity contribution in [2.45, 2.75) is 27.7 Å². The zero-order valence-electron chi connectivity index (χ0n) is 10.5. The van der Waals surface area contributed by atoms with Crippen molar-refractivity contribution in [3.05, 3.63) is 27.8 Å². The van der Waals surface area contributed by atoms with Crippen molar-refractivity contribution >= 4 is 5.71 Å². The van der Waals surface area contributed by atoms with Gasteiger partial charge in [-0.05, 0) is 49.9 Å². The lowest BCUT2D eigenvalue weighted by molar-refractivity contribution is 0.211. The smallest absolute Gasteiger partial charge is 0.134 e. The van der Waals surface area contributed by atoms with Gasteiger partial charge in [0.05, 0.1) is 0 Å². The van der Waals surface area contributed by atoms with Crippen molar-refractivity contribution in [3.8, 4) is 5.75 Å². The van der Waals surface area contributed by atoms with Gasteiger partial charge in [-0.25, -0.2) is 0 Å². The Labute approximate surface area is 96.1 Å². The summed E-state index contributed by atoms with van der Waals surface area (Å²) in [6.45, 7) is 8.98. The summed E-state index contributed by atoms with van der Waals surface area (Å²) in [4.78, 5) is 4.86. The van der Waals surface area contributed by atoms with E-state index < -0.39 is 0 Å². The highest BCUT2D eigenvalue weighted by molar-refractivity contribution is 6.08. The van der Waals surface area contributed by atoms with E-state index in [1.165, 1.54) is 22.3 Å². The Morgan fingerprint density at radius 3 is 2.25 bits per heavy atom. The summed E-state index contributed by atoms with van der Waals surface area (Å²) < 4.78 is 5.70. The molecule has 0 aliphatic carbocycles. The summed E-state index contributed by atoms with van der Waals surface area (Å²) >= 11 is 0. The topological polar surface area (TPSA) is 30.8 Å². The van der Waals surface area contributed by atoms with E-state index >= 15 is 0 Å². The Hall–Kier alpha value is -1.51. The highest BCUT2D eigenvalue weighted by Crippen LogP contribution is 2.36. The van der Waals surface area contributed by atoms with Crippen LogP contribution in [0.4, 0.5) is 0 Å². The zero-order valence-corrected chi connectivity index (χ0v) is 10.5. The molecule has 2 rings (SSSR count). The Bertz CT molecular complexity index is 476. The molecule has 0 saturated carbocycles. The van der Waals surface area contributed by atoms with Gasteiger partial charge in [0.1, 0.15) is 25.2 Å². The van der Waals surface area contributed by atoms with E-state index in [0.717, 1.165) is 17.0 Å². The molecule has 86 valence electrons. The lowest BCUT2D eigenvalue weighted by Crippen LogP contribution is -2.05. The number of hydrogen-bond acceptors (Lipinski definition) is 3. The van der Waals surface area contributed by atoms with Crippen molar-refractivity contribution < 1.29 is 9.57 Å². The first-order chi connectivity index (χ1) is 7.57. The molecule has 0 N–H and O–H groups in total. The molecule has 0 radical (unpaired) electrons. The standard InChI is InChI=1S/C13H17NO2/c1-7-8(2)10(4)13-12(9(7)3)11(6-16-13)14-15-5/h6H2,1-5H3. The molecule has 0 saturated heterocycles. The van der Waals surface area contributed by atoms with Gasteiger partial charge in [-0.1, -0.05) is 5.16 Å². The molecule has 0 unspecified atom stereocenters. The third-order valence-corrected chi connectivity index (χ3v) is 3.47. The van der Waals surface area contributed by atoms with E-state index in [-0.39, 0.29) is 0 Å². The second-order valence-corrected chi connectivity index (χ2v) is 4.21. The molecule has 0 amide bonds. The van der Waals surface area contributed by atoms with Crippen LogP contribution >= 0.6 is 0 Å². The molecule has 0 bridgehead atoms. The fourth-order valence-electron chi connectivity index (χ4n) is 2.20. The van der Waals surface area contributed by atoms with Crippen LogP contribution in [-0.4, -0.2) is 19.4 Å². The summed E-state index contributed by atoms with van der Waals surface area (Å²) in [6, 6.07) is 0. The lowest BCUT2D eigenvalue weighted by atomic mass is 9.92. The fraction of sp³-hybridized carbons (Fsp3) is 0.462. The first-order valence-corrected chi connectivity index (χ1v) is 5.41. The number of rotatable bonds is 1. The number of nitrogens with zero attached hydrogens (tertiary/aromatic N) is 1. The maximum Gasteiger partial charge on any atom is 0.134 e. The van der Waals surface area contributed by atoms with Gasteiger partial charge >= 0.3 is 0 Å². The van der Waals surface area contributed by atoms with Gasteiger partial charge in [-0.15, -0.1) is 0 Å². The molecule has 1 aliphatic rings. The predicted octanol–water partition coefficient (Wildman–Crippen LogP) is 2.66. The summed E-state index contributed by atoms with van der Waals surface area (Å²) in [5.41, 5.74) is 7.06. The van der Waals surface area contributed by atoms with Gasteiger partial charge in [-0.3, -0.25) is 0 Å². The summed E-state index contributed by atoms with van der Waals surface area (Å²) in [5.74, 6) is 0.969. The highest BCUT2D eigenvalue weighted by Gasteiger charge is 2.26. The van der Waals surface area contributed by atoms with Crippen LogP contribution in [0.5, 0.6) is 5.75 Å². The molecule has 0 atom stereocenters. The zero-order chi connectivity index (χ0) is 11.9. The molecular weight excluding hydrogens is 202 g/mol. The largest absolute Gasteiger partial charge is 0.486 e. The van der Waals surface area contributed by atoms with Crippen molar-refractivity contribution in [2.24, 2.45) is 5.16 Å². The minimum atomic E-state index is 0.508. The van der Waals surface area contributed by atoms with E-state index in [4.69, 9.17) is 9.57 Å². The van der Waals surface area contributed by atoms with E-state index in [0.29, 0.717) is 6.61 Å². The minimum absolute atomic E-state index is 0.508. The summed E-state index contributed by atoms with van der Waals surface area (Å²) in [5, 5.41) is 4.03. The third kappa shape index (κ3) is 1.39. The van der Waals surface area contributed by atoms with Crippen LogP contribution in [0.25, 0.3) is 0 Å².